The highest BCUT2D eigenvalue weighted by Crippen LogP contribution is 2.52. The number of rotatable bonds is 10. The Kier molecular flexibility index (Phi) is 9.59. The highest BCUT2D eigenvalue weighted by atomic mass is 16.6. The molecule has 2 amide bonds. The van der Waals surface area contributed by atoms with E-state index < -0.39 is 82.2 Å². The minimum absolute atomic E-state index is 0.00580. The Morgan fingerprint density at radius 1 is 1.17 bits per heavy atom. The summed E-state index contributed by atoms with van der Waals surface area (Å²) in [6, 6.07) is -0.120. The molecule has 15 nitrogen and oxygen atoms in total. The lowest BCUT2D eigenvalue weighted by Gasteiger charge is -2.52. The van der Waals surface area contributed by atoms with Crippen LogP contribution >= 0.6 is 0 Å². The van der Waals surface area contributed by atoms with Crippen molar-refractivity contribution in [2.75, 3.05) is 58.1 Å². The molecule has 0 aromatic heterocycles. The summed E-state index contributed by atoms with van der Waals surface area (Å²) in [5.74, 6) is -11.4. The minimum atomic E-state index is -2.82. The predicted octanol–water partition coefficient (Wildman–Crippen LogP) is -0.609. The molecule has 3 aliphatic rings. The first kappa shape index (κ1) is 34.5. The minimum Gasteiger partial charge on any atom is -0.505 e. The SMILES string of the molecule is CCOC(=O)N(CC=O)CC(C)Nc1cc(N(C)C)c2c(c1O)C(=O)C1C(=O)[C@]3(O)C(=O)C(C(N)=O)C(=O)[C@@H](N(C)C)[C@@H]3C[C@@H]1C2. The number of aromatic hydroxyl groups is 1. The Morgan fingerprint density at radius 3 is 2.37 bits per heavy atom. The average molecular weight is 644 g/mol. The third kappa shape index (κ3) is 5.51. The van der Waals surface area contributed by atoms with Crippen LogP contribution in [0.2, 0.25) is 0 Å². The molecule has 5 N–H and O–H groups in total. The van der Waals surface area contributed by atoms with Crippen molar-refractivity contribution in [3.63, 3.8) is 0 Å². The van der Waals surface area contributed by atoms with Gasteiger partial charge in [-0.15, -0.1) is 0 Å². The van der Waals surface area contributed by atoms with Gasteiger partial charge < -0.3 is 35.7 Å². The second-order valence-electron chi connectivity index (χ2n) is 12.6. The number of carbonyl (C=O) groups is 7. The molecule has 0 saturated heterocycles. The van der Waals surface area contributed by atoms with Crippen LogP contribution in [0.3, 0.4) is 0 Å². The summed E-state index contributed by atoms with van der Waals surface area (Å²) >= 11 is 0. The normalized spacial score (nSPS) is 27.7. The standard InChI is InChI=1S/C31H41N5O10/c1-7-46-30(44)36(8-9-37)13-14(2)33-18-12-19(34(3)4)16-10-15-11-17-23(35(5)6)26(40)22(29(32)43)28(42)31(17,45)27(41)20(15)25(39)21(16)24(18)38/h9,12,14-15,17,20,22-23,33,38,45H,7-8,10-11,13H2,1-6H3,(H2,32,43)/t14?,15-,17-,20?,22?,23-,31-/m0/s1. The molecule has 250 valence electrons. The maximum Gasteiger partial charge on any atom is 0.410 e. The highest BCUT2D eigenvalue weighted by molar-refractivity contribution is 6.32. The number of hydrogen-bond acceptors (Lipinski definition) is 13. The number of anilines is 2. The summed E-state index contributed by atoms with van der Waals surface area (Å²) in [6.45, 7) is 3.20. The van der Waals surface area contributed by atoms with E-state index in [9.17, 15) is 43.8 Å². The molecule has 0 aliphatic heterocycles. The number of hydrogen-bond donors (Lipinski definition) is 4. The van der Waals surface area contributed by atoms with Gasteiger partial charge in [0, 0.05) is 38.3 Å². The van der Waals surface area contributed by atoms with Gasteiger partial charge in [-0.05, 0) is 58.3 Å². The van der Waals surface area contributed by atoms with E-state index in [1.165, 1.54) is 23.9 Å². The zero-order chi connectivity index (χ0) is 34.4. The van der Waals surface area contributed by atoms with Gasteiger partial charge in [-0.2, -0.15) is 0 Å². The van der Waals surface area contributed by atoms with E-state index in [-0.39, 0.29) is 43.8 Å². The fraction of sp³-hybridized carbons (Fsp3) is 0.581. The van der Waals surface area contributed by atoms with Crippen molar-refractivity contribution in [1.29, 1.82) is 0 Å². The smallest absolute Gasteiger partial charge is 0.410 e. The maximum atomic E-state index is 14.2. The van der Waals surface area contributed by atoms with Crippen LogP contribution in [0.5, 0.6) is 5.75 Å². The number of Topliss-reactive ketones (excluding diaryl/α,β-unsaturated/α-hetero) is 4. The molecular formula is C31H41N5O10. The van der Waals surface area contributed by atoms with Crippen LogP contribution in [-0.4, -0.2) is 127 Å². The number of nitrogens with two attached hydrogens (primary N) is 1. The van der Waals surface area contributed by atoms with Crippen LogP contribution in [0.4, 0.5) is 16.2 Å². The topological polar surface area (TPSA) is 217 Å². The first-order chi connectivity index (χ1) is 21.5. The first-order valence-electron chi connectivity index (χ1n) is 15.0. The van der Waals surface area contributed by atoms with Crippen LogP contribution in [0.25, 0.3) is 0 Å². The van der Waals surface area contributed by atoms with Gasteiger partial charge in [0.15, 0.2) is 34.7 Å². The van der Waals surface area contributed by atoms with Crippen molar-refractivity contribution < 1.29 is 48.5 Å². The van der Waals surface area contributed by atoms with Crippen LogP contribution in [0, 0.1) is 23.7 Å². The fourth-order valence-corrected chi connectivity index (χ4v) is 7.33. The fourth-order valence-electron chi connectivity index (χ4n) is 7.33. The summed E-state index contributed by atoms with van der Waals surface area (Å²) in [5.41, 5.74) is 3.50. The number of nitrogens with one attached hydrogen (secondary N) is 1. The summed E-state index contributed by atoms with van der Waals surface area (Å²) < 4.78 is 5.01. The quantitative estimate of drug-likeness (QED) is 0.142. The van der Waals surface area contributed by atoms with Crippen molar-refractivity contribution >= 4 is 52.8 Å². The van der Waals surface area contributed by atoms with Crippen LogP contribution in [0.1, 0.15) is 36.2 Å². The molecule has 2 fully saturated rings. The van der Waals surface area contributed by atoms with E-state index in [4.69, 9.17) is 10.5 Å². The summed E-state index contributed by atoms with van der Waals surface area (Å²) in [6.07, 6.45) is -0.0967. The Morgan fingerprint density at radius 2 is 1.83 bits per heavy atom. The molecule has 0 heterocycles. The van der Waals surface area contributed by atoms with Crippen LogP contribution in [0.15, 0.2) is 6.07 Å². The van der Waals surface area contributed by atoms with Crippen LogP contribution < -0.4 is 16.0 Å². The van der Waals surface area contributed by atoms with Crippen LogP contribution in [-0.2, 0) is 35.1 Å². The maximum absolute atomic E-state index is 14.2. The number of nitrogens with zero attached hydrogens (tertiary/aromatic N) is 3. The number of aliphatic hydroxyl groups is 1. The number of amides is 2. The van der Waals surface area contributed by atoms with E-state index in [2.05, 4.69) is 5.32 Å². The lowest BCUT2D eigenvalue weighted by Crippen LogP contribution is -2.74. The largest absolute Gasteiger partial charge is 0.505 e. The van der Waals surface area contributed by atoms with Crippen molar-refractivity contribution in [1.82, 2.24) is 9.80 Å². The number of primary amides is 1. The van der Waals surface area contributed by atoms with E-state index in [1.807, 2.05) is 0 Å². The van der Waals surface area contributed by atoms with Crippen molar-refractivity contribution in [3.8, 4) is 5.75 Å². The van der Waals surface area contributed by atoms with Gasteiger partial charge in [-0.25, -0.2) is 4.79 Å². The Balaban J connectivity index is 1.77. The second-order valence-corrected chi connectivity index (χ2v) is 12.6. The lowest BCUT2D eigenvalue weighted by atomic mass is 9.52. The number of aldehydes is 1. The van der Waals surface area contributed by atoms with Gasteiger partial charge in [0.1, 0.15) is 12.0 Å². The number of likely N-dealkylation sites (N-methyl/N-ethyl adjacent to an activating group) is 1. The summed E-state index contributed by atoms with van der Waals surface area (Å²) in [7, 11) is 6.52. The van der Waals surface area contributed by atoms with Crippen molar-refractivity contribution in [2.24, 2.45) is 29.4 Å². The van der Waals surface area contributed by atoms with E-state index in [0.29, 0.717) is 17.5 Å². The average Bonchev–Trinajstić information content (AvgIpc) is 2.95. The molecule has 15 heteroatoms. The first-order valence-corrected chi connectivity index (χ1v) is 15.0. The van der Waals surface area contributed by atoms with E-state index in [1.54, 1.807) is 38.9 Å². The molecule has 46 heavy (non-hydrogen) atoms. The van der Waals surface area contributed by atoms with Gasteiger partial charge in [-0.1, -0.05) is 0 Å². The molecule has 0 radical (unpaired) electrons. The summed E-state index contributed by atoms with van der Waals surface area (Å²) in [4.78, 5) is 95.1. The molecule has 1 aromatic rings. The Bertz CT molecular complexity index is 1490. The van der Waals surface area contributed by atoms with Gasteiger partial charge >= 0.3 is 6.09 Å². The third-order valence-corrected chi connectivity index (χ3v) is 9.24. The lowest BCUT2D eigenvalue weighted by molar-refractivity contribution is -0.181. The number of phenols is 1. The highest BCUT2D eigenvalue weighted by Gasteiger charge is 2.69. The Labute approximate surface area is 266 Å². The van der Waals surface area contributed by atoms with Gasteiger partial charge in [0.2, 0.25) is 5.91 Å². The number of benzene rings is 1. The number of carbonyl (C=O) groups excluding carboxylic acids is 7. The molecule has 0 bridgehead atoms. The Hall–Kier alpha value is -4.37. The van der Waals surface area contributed by atoms with Gasteiger partial charge in [0.25, 0.3) is 0 Å². The molecule has 2 saturated carbocycles. The van der Waals surface area contributed by atoms with E-state index >= 15 is 0 Å². The van der Waals surface area contributed by atoms with Crippen molar-refractivity contribution in [2.45, 2.75) is 44.4 Å². The van der Waals surface area contributed by atoms with Gasteiger partial charge in [-0.3, -0.25) is 33.8 Å². The number of fused-ring (bicyclic) bond motifs is 3. The molecule has 1 aromatic carbocycles. The molecule has 3 aliphatic carbocycles. The molecule has 3 unspecified atom stereocenters. The number of ether oxygens (including phenoxy) is 1. The van der Waals surface area contributed by atoms with Gasteiger partial charge in [0.05, 0.1) is 36.4 Å². The van der Waals surface area contributed by atoms with Crippen molar-refractivity contribution in [3.05, 3.63) is 17.2 Å². The third-order valence-electron chi connectivity index (χ3n) is 9.24. The van der Waals surface area contributed by atoms with E-state index in [0.717, 1.165) is 0 Å². The number of phenolic OH excluding ortho intramolecular Hbond substituents is 1. The summed E-state index contributed by atoms with van der Waals surface area (Å²) in [5, 5.41) is 26.3. The monoisotopic (exact) mass is 643 g/mol. The molecule has 7 atom stereocenters. The molecule has 4 rings (SSSR count). The zero-order valence-electron chi connectivity index (χ0n) is 26.7. The zero-order valence-corrected chi connectivity index (χ0v) is 26.7. The number of ketones is 4. The second kappa shape index (κ2) is 12.8. The molecular weight excluding hydrogens is 602 g/mol. The molecule has 0 spiro atoms. The predicted molar refractivity (Wildman–Crippen MR) is 163 cm³/mol.